The van der Waals surface area contributed by atoms with Crippen LogP contribution in [0.25, 0.3) is 11.3 Å². The van der Waals surface area contributed by atoms with Crippen LogP contribution >= 0.6 is 0 Å². The molecule has 0 N–H and O–H groups in total. The maximum absolute atomic E-state index is 10.3. The van der Waals surface area contributed by atoms with Crippen molar-refractivity contribution in [1.29, 1.82) is 0 Å². The summed E-state index contributed by atoms with van der Waals surface area (Å²) >= 11 is 0. The number of benzene rings is 1. The van der Waals surface area contributed by atoms with Crippen molar-refractivity contribution in [1.82, 2.24) is 0 Å². The highest BCUT2D eigenvalue weighted by Crippen LogP contribution is 2.22. The van der Waals surface area contributed by atoms with Gasteiger partial charge in [0.2, 0.25) is 0 Å². The fourth-order valence-electron chi connectivity index (χ4n) is 1.59. The molecule has 0 unspecified atom stereocenters. The minimum Gasteiger partial charge on any atom is -0.461 e. The fraction of sp³-hybridized carbons (Fsp3) is 0.214. The molecule has 2 rings (SSSR count). The Morgan fingerprint density at radius 1 is 1.12 bits per heavy atom. The van der Waals surface area contributed by atoms with E-state index in [1.165, 1.54) is 5.56 Å². The fourth-order valence-corrected chi connectivity index (χ4v) is 1.59. The van der Waals surface area contributed by atoms with Crippen molar-refractivity contribution in [3.8, 4) is 11.3 Å². The monoisotopic (exact) mass is 214 g/mol. The molecule has 0 radical (unpaired) electrons. The third-order valence-corrected chi connectivity index (χ3v) is 2.51. The zero-order chi connectivity index (χ0) is 11.4. The van der Waals surface area contributed by atoms with Crippen LogP contribution in [0.5, 0.6) is 0 Å². The van der Waals surface area contributed by atoms with Crippen molar-refractivity contribution >= 4 is 6.29 Å². The van der Waals surface area contributed by atoms with E-state index in [2.05, 4.69) is 19.1 Å². The van der Waals surface area contributed by atoms with Crippen LogP contribution in [0, 0.1) is 6.92 Å². The lowest BCUT2D eigenvalue weighted by molar-refractivity contribution is -0.107. The van der Waals surface area contributed by atoms with Crippen LogP contribution in [-0.4, -0.2) is 6.29 Å². The van der Waals surface area contributed by atoms with Gasteiger partial charge in [0.25, 0.3) is 0 Å². The zero-order valence-electron chi connectivity index (χ0n) is 9.27. The number of carbonyl (C=O) groups is 1. The molecule has 2 nitrogen and oxygen atoms in total. The van der Waals surface area contributed by atoms with E-state index < -0.39 is 0 Å². The second-order valence-electron chi connectivity index (χ2n) is 3.84. The summed E-state index contributed by atoms with van der Waals surface area (Å²) in [6.07, 6.45) is 2.10. The smallest absolute Gasteiger partial charge is 0.134 e. The van der Waals surface area contributed by atoms with Crippen LogP contribution in [0.4, 0.5) is 0 Å². The molecule has 1 aromatic carbocycles. The van der Waals surface area contributed by atoms with Crippen molar-refractivity contribution < 1.29 is 9.21 Å². The molecule has 1 aromatic heterocycles. The van der Waals surface area contributed by atoms with E-state index in [9.17, 15) is 4.79 Å². The first-order valence-electron chi connectivity index (χ1n) is 5.39. The van der Waals surface area contributed by atoms with Crippen molar-refractivity contribution in [2.24, 2.45) is 0 Å². The molecule has 0 atom stereocenters. The molecule has 1 heterocycles. The molecule has 2 aromatic rings. The number of aldehydes is 1. The highest BCUT2D eigenvalue weighted by atomic mass is 16.3. The van der Waals surface area contributed by atoms with E-state index in [1.807, 2.05) is 24.3 Å². The number of furan rings is 1. The van der Waals surface area contributed by atoms with Gasteiger partial charge in [-0.3, -0.25) is 0 Å². The van der Waals surface area contributed by atoms with Gasteiger partial charge in [-0.15, -0.1) is 0 Å². The van der Waals surface area contributed by atoms with Crippen LogP contribution in [0.15, 0.2) is 40.8 Å². The number of hydrogen-bond acceptors (Lipinski definition) is 2. The van der Waals surface area contributed by atoms with E-state index >= 15 is 0 Å². The number of carbonyl (C=O) groups excluding carboxylic acids is 1. The lowest BCUT2D eigenvalue weighted by Gasteiger charge is -1.97. The van der Waals surface area contributed by atoms with Crippen molar-refractivity contribution in [2.45, 2.75) is 19.8 Å². The maximum atomic E-state index is 10.3. The summed E-state index contributed by atoms with van der Waals surface area (Å²) in [6.45, 7) is 2.06. The van der Waals surface area contributed by atoms with Gasteiger partial charge in [-0.2, -0.15) is 0 Å². The molecule has 0 saturated carbocycles. The molecule has 0 aliphatic carbocycles. The second kappa shape index (κ2) is 4.79. The molecular formula is C14H14O2. The van der Waals surface area contributed by atoms with E-state index in [0.29, 0.717) is 12.8 Å². The minimum atomic E-state index is 0.515. The second-order valence-corrected chi connectivity index (χ2v) is 3.84. The highest BCUT2D eigenvalue weighted by molar-refractivity contribution is 5.58. The molecular weight excluding hydrogens is 200 g/mol. The third kappa shape index (κ3) is 2.40. The average molecular weight is 214 g/mol. The molecule has 0 aliphatic rings. The van der Waals surface area contributed by atoms with Gasteiger partial charge in [-0.1, -0.05) is 29.8 Å². The topological polar surface area (TPSA) is 30.2 Å². The first kappa shape index (κ1) is 10.7. The Hall–Kier alpha value is -1.83. The largest absolute Gasteiger partial charge is 0.461 e. The van der Waals surface area contributed by atoms with E-state index in [0.717, 1.165) is 23.4 Å². The van der Waals surface area contributed by atoms with E-state index in [1.54, 1.807) is 0 Å². The summed E-state index contributed by atoms with van der Waals surface area (Å²) in [5.41, 5.74) is 2.31. The Labute approximate surface area is 94.9 Å². The van der Waals surface area contributed by atoms with Crippen molar-refractivity contribution in [3.63, 3.8) is 0 Å². The Morgan fingerprint density at radius 3 is 2.56 bits per heavy atom. The summed E-state index contributed by atoms with van der Waals surface area (Å²) < 4.78 is 5.65. The molecule has 0 aliphatic heterocycles. The number of hydrogen-bond donors (Lipinski definition) is 0. The lowest BCUT2D eigenvalue weighted by Crippen LogP contribution is -1.81. The SMILES string of the molecule is Cc1ccc(-c2ccc(CCC=O)o2)cc1. The van der Waals surface area contributed by atoms with Gasteiger partial charge in [0.05, 0.1) is 0 Å². The van der Waals surface area contributed by atoms with Crippen molar-refractivity contribution in [2.75, 3.05) is 0 Å². The third-order valence-electron chi connectivity index (χ3n) is 2.51. The summed E-state index contributed by atoms with van der Waals surface area (Å²) in [5, 5.41) is 0. The first-order valence-corrected chi connectivity index (χ1v) is 5.39. The van der Waals surface area contributed by atoms with Gasteiger partial charge in [0.1, 0.15) is 17.8 Å². The standard InChI is InChI=1S/C14H14O2/c1-11-4-6-12(7-5-11)14-9-8-13(16-14)3-2-10-15/h4-10H,2-3H2,1H3. The van der Waals surface area contributed by atoms with Gasteiger partial charge in [-0.25, -0.2) is 0 Å². The molecule has 0 amide bonds. The van der Waals surface area contributed by atoms with Crippen LogP contribution in [-0.2, 0) is 11.2 Å². The van der Waals surface area contributed by atoms with Gasteiger partial charge in [0.15, 0.2) is 0 Å². The summed E-state index contributed by atoms with van der Waals surface area (Å²) in [7, 11) is 0. The molecule has 82 valence electrons. The van der Waals surface area contributed by atoms with E-state index in [4.69, 9.17) is 4.42 Å². The summed E-state index contributed by atoms with van der Waals surface area (Å²) in [4.78, 5) is 10.3. The zero-order valence-corrected chi connectivity index (χ0v) is 9.27. The molecule has 0 spiro atoms. The predicted octanol–water partition coefficient (Wildman–Crippen LogP) is 3.39. The predicted molar refractivity (Wildman–Crippen MR) is 63.3 cm³/mol. The Bertz CT molecular complexity index is 466. The van der Waals surface area contributed by atoms with E-state index in [-0.39, 0.29) is 0 Å². The normalized spacial score (nSPS) is 10.3. The van der Waals surface area contributed by atoms with Crippen LogP contribution in [0.3, 0.4) is 0 Å². The number of aryl methyl sites for hydroxylation is 2. The summed E-state index contributed by atoms with van der Waals surface area (Å²) in [6, 6.07) is 12.1. The van der Waals surface area contributed by atoms with Crippen LogP contribution < -0.4 is 0 Å². The summed E-state index contributed by atoms with van der Waals surface area (Å²) in [5.74, 6) is 1.73. The van der Waals surface area contributed by atoms with Crippen LogP contribution in [0.2, 0.25) is 0 Å². The minimum absolute atomic E-state index is 0.515. The molecule has 0 saturated heterocycles. The van der Waals surface area contributed by atoms with Crippen molar-refractivity contribution in [3.05, 3.63) is 47.7 Å². The van der Waals surface area contributed by atoms with Gasteiger partial charge >= 0.3 is 0 Å². The van der Waals surface area contributed by atoms with Crippen LogP contribution in [0.1, 0.15) is 17.7 Å². The van der Waals surface area contributed by atoms with Gasteiger partial charge in [0, 0.05) is 18.4 Å². The highest BCUT2D eigenvalue weighted by Gasteiger charge is 2.03. The maximum Gasteiger partial charge on any atom is 0.134 e. The Kier molecular flexibility index (Phi) is 3.20. The molecule has 0 bridgehead atoms. The molecule has 16 heavy (non-hydrogen) atoms. The first-order chi connectivity index (χ1) is 7.79. The number of rotatable bonds is 4. The lowest BCUT2D eigenvalue weighted by atomic mass is 10.1. The Balaban J connectivity index is 2.17. The average Bonchev–Trinajstić information content (AvgIpc) is 2.76. The Morgan fingerprint density at radius 2 is 1.88 bits per heavy atom. The van der Waals surface area contributed by atoms with Gasteiger partial charge < -0.3 is 9.21 Å². The molecule has 0 fully saturated rings. The molecule has 2 heteroatoms. The van der Waals surface area contributed by atoms with Gasteiger partial charge in [-0.05, 0) is 19.1 Å². The quantitative estimate of drug-likeness (QED) is 0.730.